The van der Waals surface area contributed by atoms with Crippen molar-refractivity contribution in [2.45, 2.75) is 37.6 Å². The van der Waals surface area contributed by atoms with Gasteiger partial charge >= 0.3 is 0 Å². The number of rotatable bonds is 2. The van der Waals surface area contributed by atoms with Crippen LogP contribution in [0, 0.1) is 6.92 Å². The molecular weight excluding hydrogens is 314 g/mol. The van der Waals surface area contributed by atoms with Crippen LogP contribution in [0.15, 0.2) is 35.1 Å². The molecule has 1 amide bonds. The molecule has 1 unspecified atom stereocenters. The smallest absolute Gasteiger partial charge is 0.259 e. The van der Waals surface area contributed by atoms with E-state index >= 15 is 0 Å². The number of benzene rings is 1. The van der Waals surface area contributed by atoms with Crippen LogP contribution >= 0.6 is 0 Å². The first kappa shape index (κ1) is 16.3. The van der Waals surface area contributed by atoms with Crippen LogP contribution in [0.2, 0.25) is 0 Å². The number of aromatic nitrogens is 1. The minimum absolute atomic E-state index is 0.0454. The molecule has 1 aliphatic heterocycles. The number of hydrogen-bond acceptors (Lipinski definition) is 4. The molecule has 1 aromatic carbocycles. The fourth-order valence-electron chi connectivity index (χ4n) is 4.60. The molecule has 1 saturated heterocycles. The molecule has 1 spiro atoms. The van der Waals surface area contributed by atoms with Crippen LogP contribution in [-0.4, -0.2) is 48.0 Å². The SMILES string of the molecule is Cc1nocc1C(=O)N1CCC2(CC1)CC(N(C)C)c1ccccc12. The van der Waals surface area contributed by atoms with Crippen LogP contribution in [0.4, 0.5) is 0 Å². The van der Waals surface area contributed by atoms with Crippen LogP contribution in [0.25, 0.3) is 0 Å². The Kier molecular flexibility index (Phi) is 3.91. The van der Waals surface area contributed by atoms with Crippen molar-refractivity contribution >= 4 is 5.91 Å². The Morgan fingerprint density at radius 3 is 2.64 bits per heavy atom. The van der Waals surface area contributed by atoms with Gasteiger partial charge in [-0.2, -0.15) is 0 Å². The summed E-state index contributed by atoms with van der Waals surface area (Å²) in [4.78, 5) is 17.0. The molecule has 1 atom stereocenters. The Morgan fingerprint density at radius 2 is 2.00 bits per heavy atom. The first-order chi connectivity index (χ1) is 12.0. The van der Waals surface area contributed by atoms with Gasteiger partial charge in [-0.25, -0.2) is 0 Å². The number of carbonyl (C=O) groups excluding carboxylic acids is 1. The summed E-state index contributed by atoms with van der Waals surface area (Å²) in [5.74, 6) is 0.0454. The molecule has 2 heterocycles. The second-order valence-electron chi connectivity index (χ2n) is 7.66. The van der Waals surface area contributed by atoms with Crippen LogP contribution in [0.5, 0.6) is 0 Å². The Morgan fingerprint density at radius 1 is 1.28 bits per heavy atom. The normalized spacial score (nSPS) is 21.8. The van der Waals surface area contributed by atoms with E-state index < -0.39 is 0 Å². The fraction of sp³-hybridized carbons (Fsp3) is 0.500. The maximum atomic E-state index is 12.7. The van der Waals surface area contributed by atoms with Crippen molar-refractivity contribution in [3.05, 3.63) is 52.9 Å². The summed E-state index contributed by atoms with van der Waals surface area (Å²) in [6, 6.07) is 9.32. The number of amides is 1. The number of hydrogen-bond donors (Lipinski definition) is 0. The van der Waals surface area contributed by atoms with Gasteiger partial charge in [0, 0.05) is 24.5 Å². The molecule has 1 aromatic heterocycles. The largest absolute Gasteiger partial charge is 0.364 e. The van der Waals surface area contributed by atoms with E-state index in [1.54, 1.807) is 0 Å². The van der Waals surface area contributed by atoms with Crippen molar-refractivity contribution in [2.75, 3.05) is 27.2 Å². The van der Waals surface area contributed by atoms with Gasteiger partial charge in [-0.15, -0.1) is 0 Å². The zero-order valence-electron chi connectivity index (χ0n) is 15.2. The lowest BCUT2D eigenvalue weighted by molar-refractivity contribution is 0.0651. The monoisotopic (exact) mass is 339 g/mol. The second-order valence-corrected chi connectivity index (χ2v) is 7.66. The van der Waals surface area contributed by atoms with E-state index in [1.807, 2.05) is 11.8 Å². The van der Waals surface area contributed by atoms with E-state index in [1.165, 1.54) is 17.4 Å². The van der Waals surface area contributed by atoms with Crippen molar-refractivity contribution in [3.63, 3.8) is 0 Å². The zero-order valence-corrected chi connectivity index (χ0v) is 15.2. The van der Waals surface area contributed by atoms with Gasteiger partial charge in [-0.1, -0.05) is 29.4 Å². The molecule has 5 heteroatoms. The number of aryl methyl sites for hydroxylation is 1. The Labute approximate surface area is 148 Å². The van der Waals surface area contributed by atoms with Gasteiger partial charge in [-0.05, 0) is 51.4 Å². The number of likely N-dealkylation sites (tertiary alicyclic amines) is 1. The second kappa shape index (κ2) is 5.99. The Bertz CT molecular complexity index is 788. The average molecular weight is 339 g/mol. The number of carbonyl (C=O) groups is 1. The average Bonchev–Trinajstić information content (AvgIpc) is 3.18. The summed E-state index contributed by atoms with van der Waals surface area (Å²) in [5, 5.41) is 3.83. The van der Waals surface area contributed by atoms with E-state index in [-0.39, 0.29) is 11.3 Å². The van der Waals surface area contributed by atoms with E-state index in [9.17, 15) is 4.79 Å². The first-order valence-corrected chi connectivity index (χ1v) is 8.98. The zero-order chi connectivity index (χ0) is 17.6. The van der Waals surface area contributed by atoms with Crippen LogP contribution < -0.4 is 0 Å². The van der Waals surface area contributed by atoms with Gasteiger partial charge in [-0.3, -0.25) is 4.79 Å². The predicted molar refractivity (Wildman–Crippen MR) is 95.5 cm³/mol. The molecule has 0 N–H and O–H groups in total. The summed E-state index contributed by atoms with van der Waals surface area (Å²) in [7, 11) is 4.32. The maximum absolute atomic E-state index is 12.7. The van der Waals surface area contributed by atoms with Gasteiger partial charge in [0.25, 0.3) is 5.91 Å². The summed E-state index contributed by atoms with van der Waals surface area (Å²) < 4.78 is 4.93. The van der Waals surface area contributed by atoms with E-state index in [4.69, 9.17) is 4.52 Å². The quantitative estimate of drug-likeness (QED) is 0.843. The van der Waals surface area contributed by atoms with Crippen molar-refractivity contribution in [2.24, 2.45) is 0 Å². The lowest BCUT2D eigenvalue weighted by Gasteiger charge is -2.40. The first-order valence-electron chi connectivity index (χ1n) is 8.98. The van der Waals surface area contributed by atoms with Crippen LogP contribution in [-0.2, 0) is 5.41 Å². The maximum Gasteiger partial charge on any atom is 0.259 e. The predicted octanol–water partition coefficient (Wildman–Crippen LogP) is 3.16. The highest BCUT2D eigenvalue weighted by Crippen LogP contribution is 2.52. The molecule has 2 aromatic rings. The molecule has 2 aliphatic rings. The molecule has 0 bridgehead atoms. The van der Waals surface area contributed by atoms with Crippen molar-refractivity contribution in [3.8, 4) is 0 Å². The molecule has 0 radical (unpaired) electrons. The Balaban J connectivity index is 1.56. The molecule has 5 nitrogen and oxygen atoms in total. The summed E-state index contributed by atoms with van der Waals surface area (Å²) >= 11 is 0. The molecule has 1 fully saturated rings. The minimum atomic E-state index is 0.0454. The van der Waals surface area contributed by atoms with E-state index in [2.05, 4.69) is 48.4 Å². The third-order valence-electron chi connectivity index (χ3n) is 6.09. The summed E-state index contributed by atoms with van der Waals surface area (Å²) in [5.41, 5.74) is 4.41. The summed E-state index contributed by atoms with van der Waals surface area (Å²) in [6.07, 6.45) is 4.65. The van der Waals surface area contributed by atoms with E-state index in [0.29, 0.717) is 17.3 Å². The molecular formula is C20H25N3O2. The van der Waals surface area contributed by atoms with Gasteiger partial charge in [0.1, 0.15) is 11.8 Å². The summed E-state index contributed by atoms with van der Waals surface area (Å²) in [6.45, 7) is 3.40. The van der Waals surface area contributed by atoms with E-state index in [0.717, 1.165) is 32.4 Å². The van der Waals surface area contributed by atoms with Gasteiger partial charge in [0.05, 0.1) is 5.69 Å². The highest BCUT2D eigenvalue weighted by Gasteiger charge is 2.46. The highest BCUT2D eigenvalue weighted by atomic mass is 16.5. The lowest BCUT2D eigenvalue weighted by atomic mass is 9.73. The standard InChI is InChI=1S/C20H25N3O2/c1-14-16(13-25-21-14)19(24)23-10-8-20(9-11-23)12-18(22(2)3)15-6-4-5-7-17(15)20/h4-7,13,18H,8-12H2,1-3H3. The van der Waals surface area contributed by atoms with Crippen LogP contribution in [0.1, 0.15) is 52.5 Å². The third kappa shape index (κ3) is 2.58. The van der Waals surface area contributed by atoms with Crippen molar-refractivity contribution in [1.82, 2.24) is 15.0 Å². The van der Waals surface area contributed by atoms with Crippen molar-refractivity contribution < 1.29 is 9.32 Å². The molecule has 0 saturated carbocycles. The minimum Gasteiger partial charge on any atom is -0.364 e. The van der Waals surface area contributed by atoms with Gasteiger partial charge < -0.3 is 14.3 Å². The number of nitrogens with zero attached hydrogens (tertiary/aromatic N) is 3. The molecule has 25 heavy (non-hydrogen) atoms. The topological polar surface area (TPSA) is 49.6 Å². The molecule has 132 valence electrons. The molecule has 4 rings (SSSR count). The highest BCUT2D eigenvalue weighted by molar-refractivity contribution is 5.94. The number of piperidine rings is 1. The third-order valence-corrected chi connectivity index (χ3v) is 6.09. The van der Waals surface area contributed by atoms with Crippen LogP contribution in [0.3, 0.4) is 0 Å². The fourth-order valence-corrected chi connectivity index (χ4v) is 4.60. The molecule has 1 aliphatic carbocycles. The number of fused-ring (bicyclic) bond motifs is 2. The lowest BCUT2D eigenvalue weighted by Crippen LogP contribution is -2.44. The Hall–Kier alpha value is -2.14. The van der Waals surface area contributed by atoms with Crippen molar-refractivity contribution in [1.29, 1.82) is 0 Å². The van der Waals surface area contributed by atoms with Gasteiger partial charge in [0.15, 0.2) is 0 Å². The van der Waals surface area contributed by atoms with Gasteiger partial charge in [0.2, 0.25) is 0 Å².